The van der Waals surface area contributed by atoms with Crippen LogP contribution in [-0.2, 0) is 4.79 Å². The monoisotopic (exact) mass is 478 g/mol. The summed E-state index contributed by atoms with van der Waals surface area (Å²) in [6.45, 7) is 3.98. The van der Waals surface area contributed by atoms with Gasteiger partial charge in [0.15, 0.2) is 11.0 Å². The minimum atomic E-state index is -0.178. The Bertz CT molecular complexity index is 1290. The van der Waals surface area contributed by atoms with Crippen LogP contribution in [0.1, 0.15) is 11.1 Å². The van der Waals surface area contributed by atoms with Gasteiger partial charge in [-0.05, 0) is 55.8 Å². The van der Waals surface area contributed by atoms with Crippen molar-refractivity contribution in [1.29, 1.82) is 0 Å². The Balaban J connectivity index is 1.63. The van der Waals surface area contributed by atoms with Gasteiger partial charge in [-0.2, -0.15) is 0 Å². The van der Waals surface area contributed by atoms with Crippen LogP contribution in [0.3, 0.4) is 0 Å². The van der Waals surface area contributed by atoms with Crippen LogP contribution in [0.4, 0.5) is 5.69 Å². The number of aryl methyl sites for hydroxylation is 2. The summed E-state index contributed by atoms with van der Waals surface area (Å²) in [6.07, 6.45) is 0. The summed E-state index contributed by atoms with van der Waals surface area (Å²) in [6, 6.07) is 21.3. The molecule has 168 valence electrons. The van der Waals surface area contributed by atoms with Gasteiger partial charge in [-0.25, -0.2) is 0 Å². The lowest BCUT2D eigenvalue weighted by Gasteiger charge is -2.13. The maximum atomic E-state index is 12.6. The third-order valence-electron chi connectivity index (χ3n) is 5.00. The number of anilines is 1. The number of ether oxygens (including phenoxy) is 1. The molecule has 1 heterocycles. The molecule has 0 unspecified atom stereocenters. The van der Waals surface area contributed by atoms with Gasteiger partial charge in [-0.1, -0.05) is 59.3 Å². The molecule has 0 saturated heterocycles. The maximum Gasteiger partial charge on any atom is 0.234 e. The third kappa shape index (κ3) is 5.21. The van der Waals surface area contributed by atoms with Gasteiger partial charge < -0.3 is 10.1 Å². The predicted octanol–water partition coefficient (Wildman–Crippen LogP) is 5.94. The van der Waals surface area contributed by atoms with Crippen molar-refractivity contribution in [2.75, 3.05) is 18.2 Å². The van der Waals surface area contributed by atoms with E-state index >= 15 is 0 Å². The smallest absolute Gasteiger partial charge is 0.234 e. The third-order valence-corrected chi connectivity index (χ3v) is 6.25. The first-order valence-corrected chi connectivity index (χ1v) is 11.7. The molecule has 4 rings (SSSR count). The molecule has 0 aliphatic carbocycles. The molecule has 0 spiro atoms. The molecular weight excluding hydrogens is 456 g/mol. The van der Waals surface area contributed by atoms with Crippen molar-refractivity contribution in [1.82, 2.24) is 14.8 Å². The number of rotatable bonds is 7. The van der Waals surface area contributed by atoms with E-state index in [0.717, 1.165) is 22.4 Å². The summed E-state index contributed by atoms with van der Waals surface area (Å²) in [4.78, 5) is 12.6. The molecule has 0 atom stereocenters. The fraction of sp³-hybridized carbons (Fsp3) is 0.160. The van der Waals surface area contributed by atoms with Crippen LogP contribution < -0.4 is 10.1 Å². The molecule has 4 aromatic rings. The van der Waals surface area contributed by atoms with Gasteiger partial charge in [0, 0.05) is 5.69 Å². The van der Waals surface area contributed by atoms with Gasteiger partial charge in [-0.3, -0.25) is 9.36 Å². The highest BCUT2D eigenvalue weighted by molar-refractivity contribution is 7.99. The molecule has 6 nitrogen and oxygen atoms in total. The highest BCUT2D eigenvalue weighted by Gasteiger charge is 2.20. The molecule has 0 bridgehead atoms. The largest absolute Gasteiger partial charge is 0.496 e. The number of amides is 1. The fourth-order valence-electron chi connectivity index (χ4n) is 3.33. The molecule has 0 fully saturated rings. The van der Waals surface area contributed by atoms with Crippen molar-refractivity contribution in [2.45, 2.75) is 19.0 Å². The van der Waals surface area contributed by atoms with Gasteiger partial charge >= 0.3 is 0 Å². The van der Waals surface area contributed by atoms with Gasteiger partial charge in [-0.15, -0.1) is 10.2 Å². The second-order valence-electron chi connectivity index (χ2n) is 7.50. The maximum absolute atomic E-state index is 12.6. The lowest BCUT2D eigenvalue weighted by molar-refractivity contribution is -0.113. The van der Waals surface area contributed by atoms with Crippen LogP contribution in [0, 0.1) is 13.8 Å². The molecule has 0 saturated carbocycles. The first-order chi connectivity index (χ1) is 16.0. The number of hydrogen-bond acceptors (Lipinski definition) is 5. The molecule has 1 N–H and O–H groups in total. The number of para-hydroxylation sites is 1. The van der Waals surface area contributed by atoms with Crippen LogP contribution in [0.2, 0.25) is 5.02 Å². The molecule has 1 aromatic heterocycles. The minimum Gasteiger partial charge on any atom is -0.496 e. The summed E-state index contributed by atoms with van der Waals surface area (Å²) < 4.78 is 7.48. The number of halogens is 1. The van der Waals surface area contributed by atoms with Crippen molar-refractivity contribution in [3.05, 3.63) is 82.9 Å². The van der Waals surface area contributed by atoms with E-state index in [2.05, 4.69) is 15.5 Å². The number of carbonyl (C=O) groups excluding carboxylic acids is 1. The lowest BCUT2D eigenvalue weighted by atomic mass is 10.1. The van der Waals surface area contributed by atoms with Crippen molar-refractivity contribution >= 4 is 35.0 Å². The zero-order valence-corrected chi connectivity index (χ0v) is 20.1. The Morgan fingerprint density at radius 1 is 1.03 bits per heavy atom. The Labute approximate surface area is 202 Å². The first-order valence-electron chi connectivity index (χ1n) is 10.3. The van der Waals surface area contributed by atoms with E-state index in [0.29, 0.717) is 27.4 Å². The average Bonchev–Trinajstić information content (AvgIpc) is 3.24. The predicted molar refractivity (Wildman–Crippen MR) is 134 cm³/mol. The van der Waals surface area contributed by atoms with Crippen LogP contribution >= 0.6 is 23.4 Å². The second-order valence-corrected chi connectivity index (χ2v) is 8.85. The second kappa shape index (κ2) is 10.1. The van der Waals surface area contributed by atoms with E-state index < -0.39 is 0 Å². The fourth-order valence-corrected chi connectivity index (χ4v) is 4.37. The van der Waals surface area contributed by atoms with Crippen molar-refractivity contribution in [3.63, 3.8) is 0 Å². The van der Waals surface area contributed by atoms with E-state index in [1.165, 1.54) is 11.8 Å². The van der Waals surface area contributed by atoms with Crippen molar-refractivity contribution in [2.24, 2.45) is 0 Å². The Kier molecular flexibility index (Phi) is 7.01. The number of hydrogen-bond donors (Lipinski definition) is 1. The zero-order chi connectivity index (χ0) is 23.4. The number of nitrogens with zero attached hydrogens (tertiary/aromatic N) is 3. The summed E-state index contributed by atoms with van der Waals surface area (Å²) in [5, 5.41) is 12.8. The lowest BCUT2D eigenvalue weighted by Crippen LogP contribution is -2.15. The van der Waals surface area contributed by atoms with Gasteiger partial charge in [0.1, 0.15) is 5.75 Å². The number of aromatic nitrogens is 3. The van der Waals surface area contributed by atoms with Gasteiger partial charge in [0.25, 0.3) is 0 Å². The molecule has 0 aliphatic heterocycles. The van der Waals surface area contributed by atoms with Crippen LogP contribution in [0.5, 0.6) is 5.75 Å². The van der Waals surface area contributed by atoms with E-state index in [1.807, 2.05) is 79.1 Å². The Hall–Kier alpha value is -3.29. The van der Waals surface area contributed by atoms with E-state index in [9.17, 15) is 4.79 Å². The first kappa shape index (κ1) is 22.9. The molecular formula is C25H23ClN4O2S. The van der Waals surface area contributed by atoms with Crippen molar-refractivity contribution < 1.29 is 9.53 Å². The topological polar surface area (TPSA) is 69.0 Å². The molecule has 3 aromatic carbocycles. The summed E-state index contributed by atoms with van der Waals surface area (Å²) >= 11 is 7.55. The Morgan fingerprint density at radius 3 is 2.48 bits per heavy atom. The summed E-state index contributed by atoms with van der Waals surface area (Å²) in [7, 11) is 1.63. The molecule has 0 radical (unpaired) electrons. The van der Waals surface area contributed by atoms with Crippen LogP contribution in [0.25, 0.3) is 17.1 Å². The highest BCUT2D eigenvalue weighted by atomic mass is 35.5. The molecule has 1 amide bonds. The molecule has 8 heteroatoms. The SMILES string of the molecule is COc1ccccc1-c1nnc(SCC(=O)Nc2ccc(C)cc2Cl)n1-c1ccc(C)cc1. The van der Waals surface area contributed by atoms with Crippen LogP contribution in [-0.4, -0.2) is 33.5 Å². The van der Waals surface area contributed by atoms with Crippen molar-refractivity contribution in [3.8, 4) is 22.8 Å². The number of methoxy groups -OCH3 is 1. The Morgan fingerprint density at radius 2 is 1.76 bits per heavy atom. The van der Waals surface area contributed by atoms with Gasteiger partial charge in [0.2, 0.25) is 5.91 Å². The number of thioether (sulfide) groups is 1. The molecule has 0 aliphatic rings. The number of carbonyl (C=O) groups is 1. The average molecular weight is 479 g/mol. The van der Waals surface area contributed by atoms with Gasteiger partial charge in [0.05, 0.1) is 29.1 Å². The highest BCUT2D eigenvalue weighted by Crippen LogP contribution is 2.33. The quantitative estimate of drug-likeness (QED) is 0.333. The summed E-state index contributed by atoms with van der Waals surface area (Å²) in [5.41, 5.74) is 4.48. The standard InChI is InChI=1S/C25H23ClN4O2S/c1-16-8-11-18(12-9-16)30-24(19-6-4-5-7-22(19)32-3)28-29-25(30)33-15-23(31)27-21-13-10-17(2)14-20(21)26/h4-14H,15H2,1-3H3,(H,27,31). The zero-order valence-electron chi connectivity index (χ0n) is 18.5. The number of nitrogens with one attached hydrogen (secondary N) is 1. The van der Waals surface area contributed by atoms with E-state index in [-0.39, 0.29) is 11.7 Å². The van der Waals surface area contributed by atoms with E-state index in [1.54, 1.807) is 13.2 Å². The molecule has 33 heavy (non-hydrogen) atoms. The summed E-state index contributed by atoms with van der Waals surface area (Å²) in [5.74, 6) is 1.31. The van der Waals surface area contributed by atoms with E-state index in [4.69, 9.17) is 16.3 Å². The normalized spacial score (nSPS) is 10.8. The number of benzene rings is 3. The minimum absolute atomic E-state index is 0.153. The van der Waals surface area contributed by atoms with Crippen LogP contribution in [0.15, 0.2) is 71.9 Å².